The van der Waals surface area contributed by atoms with E-state index in [1.165, 1.54) is 11.1 Å². The van der Waals surface area contributed by atoms with Crippen LogP contribution in [0.2, 0.25) is 0 Å². The van der Waals surface area contributed by atoms with Crippen molar-refractivity contribution in [1.29, 1.82) is 0 Å². The number of hydrogen-bond donors (Lipinski definition) is 2. The molecule has 0 spiro atoms. The number of carboxylic acid groups (broad SMARTS) is 1. The van der Waals surface area contributed by atoms with Crippen LogP contribution in [0.1, 0.15) is 41.8 Å². The Kier molecular flexibility index (Phi) is 6.92. The molecule has 0 aliphatic carbocycles. The van der Waals surface area contributed by atoms with E-state index in [2.05, 4.69) is 56.4 Å². The minimum atomic E-state index is -0.824. The van der Waals surface area contributed by atoms with Gasteiger partial charge in [-0.05, 0) is 46.9 Å². The summed E-state index contributed by atoms with van der Waals surface area (Å²) in [5, 5.41) is 14.7. The number of ether oxygens (including phenoxy) is 2. The Bertz CT molecular complexity index is 1110. The van der Waals surface area contributed by atoms with E-state index < -0.39 is 12.0 Å². The van der Waals surface area contributed by atoms with Crippen molar-refractivity contribution in [2.24, 2.45) is 0 Å². The van der Waals surface area contributed by atoms with Gasteiger partial charge in [0.2, 0.25) is 0 Å². The van der Waals surface area contributed by atoms with Gasteiger partial charge in [-0.1, -0.05) is 56.3 Å². The highest BCUT2D eigenvalue weighted by Crippen LogP contribution is 2.42. The maximum absolute atomic E-state index is 11.4. The first-order valence-electron chi connectivity index (χ1n) is 10.9. The summed E-state index contributed by atoms with van der Waals surface area (Å²) in [5.74, 6) is 1.75. The predicted molar refractivity (Wildman–Crippen MR) is 130 cm³/mol. The molecule has 0 amide bonds. The quantitative estimate of drug-likeness (QED) is 0.440. The van der Waals surface area contributed by atoms with Crippen molar-refractivity contribution < 1.29 is 19.4 Å². The summed E-state index contributed by atoms with van der Waals surface area (Å²) < 4.78 is 12.3. The molecule has 2 N–H and O–H groups in total. The van der Waals surface area contributed by atoms with Gasteiger partial charge >= 0.3 is 5.97 Å². The predicted octanol–water partition coefficient (Wildman–Crippen LogP) is 5.52. The molecule has 3 aromatic rings. The van der Waals surface area contributed by atoms with Gasteiger partial charge in [0, 0.05) is 11.3 Å². The van der Waals surface area contributed by atoms with Crippen LogP contribution in [0.25, 0.3) is 10.8 Å². The summed E-state index contributed by atoms with van der Waals surface area (Å²) in [6, 6.07) is 17.9. The monoisotopic (exact) mass is 451 g/mol. The number of aryl methyl sites for hydroxylation is 1. The molecule has 1 aliphatic rings. The smallest absolute Gasteiger partial charge is 0.321 e. The molecule has 5 nitrogen and oxygen atoms in total. The van der Waals surface area contributed by atoms with Gasteiger partial charge < -0.3 is 14.6 Å². The van der Waals surface area contributed by atoms with Crippen LogP contribution >= 0.6 is 11.8 Å². The summed E-state index contributed by atoms with van der Waals surface area (Å²) in [5.41, 5.74) is 3.35. The fourth-order valence-electron chi connectivity index (χ4n) is 4.00. The van der Waals surface area contributed by atoms with Crippen molar-refractivity contribution in [3.05, 3.63) is 71.3 Å². The second-order valence-corrected chi connectivity index (χ2v) is 9.50. The minimum absolute atomic E-state index is 0.137. The molecule has 1 aliphatic heterocycles. The van der Waals surface area contributed by atoms with Crippen molar-refractivity contribution in [3.8, 4) is 11.5 Å². The summed E-state index contributed by atoms with van der Waals surface area (Å²) in [6.07, 6.45) is 0. The second-order valence-electron chi connectivity index (χ2n) is 8.36. The largest absolute Gasteiger partial charge is 0.490 e. The summed E-state index contributed by atoms with van der Waals surface area (Å²) in [6.45, 7) is 7.21. The SMILES string of the molecule is Cc1ccc(C(C)C)c(OCCOc2ccc3ccccc3c2C2NC(C(=O)O)CS2)c1. The third kappa shape index (κ3) is 4.87. The molecule has 4 rings (SSSR count). The molecule has 6 heteroatoms. The highest BCUT2D eigenvalue weighted by atomic mass is 32.2. The molecule has 0 aromatic heterocycles. The van der Waals surface area contributed by atoms with Gasteiger partial charge in [0.1, 0.15) is 30.8 Å². The number of aliphatic carboxylic acids is 1. The number of carboxylic acids is 1. The number of carbonyl (C=O) groups is 1. The number of rotatable bonds is 8. The number of nitrogens with one attached hydrogen (secondary N) is 1. The lowest BCUT2D eigenvalue weighted by Gasteiger charge is -2.20. The number of benzene rings is 3. The minimum Gasteiger partial charge on any atom is -0.490 e. The van der Waals surface area contributed by atoms with Crippen LogP contribution in [0.3, 0.4) is 0 Å². The fraction of sp³-hybridized carbons (Fsp3) is 0.346. The maximum atomic E-state index is 11.4. The van der Waals surface area contributed by atoms with Gasteiger partial charge in [-0.3, -0.25) is 10.1 Å². The summed E-state index contributed by atoms with van der Waals surface area (Å²) >= 11 is 1.60. The zero-order chi connectivity index (χ0) is 22.7. The first-order chi connectivity index (χ1) is 15.4. The molecule has 0 radical (unpaired) electrons. The lowest BCUT2D eigenvalue weighted by atomic mass is 10.0. The zero-order valence-electron chi connectivity index (χ0n) is 18.6. The van der Waals surface area contributed by atoms with Crippen molar-refractivity contribution >= 4 is 28.5 Å². The first kappa shape index (κ1) is 22.5. The standard InChI is InChI=1S/C26H29NO4S/c1-16(2)19-10-8-17(3)14-23(19)31-13-12-30-22-11-9-18-6-4-5-7-20(18)24(22)25-27-21(15-32-25)26(28)29/h4-11,14,16,21,25,27H,12-13,15H2,1-3H3,(H,28,29). The fourth-order valence-corrected chi connectivity index (χ4v) is 5.29. The van der Waals surface area contributed by atoms with Gasteiger partial charge in [0.15, 0.2) is 0 Å². The Morgan fingerprint density at radius 1 is 1.09 bits per heavy atom. The molecule has 2 atom stereocenters. The number of thioether (sulfide) groups is 1. The van der Waals surface area contributed by atoms with E-state index in [0.29, 0.717) is 24.9 Å². The molecule has 1 saturated heterocycles. The Balaban J connectivity index is 1.51. The highest BCUT2D eigenvalue weighted by Gasteiger charge is 2.33. The van der Waals surface area contributed by atoms with Crippen molar-refractivity contribution in [3.63, 3.8) is 0 Å². The molecule has 1 heterocycles. The van der Waals surface area contributed by atoms with Crippen LogP contribution < -0.4 is 14.8 Å². The lowest BCUT2D eigenvalue weighted by Crippen LogP contribution is -2.33. The highest BCUT2D eigenvalue weighted by molar-refractivity contribution is 7.99. The molecule has 1 fully saturated rings. The van der Waals surface area contributed by atoms with Crippen molar-refractivity contribution in [1.82, 2.24) is 5.32 Å². The molecular formula is C26H29NO4S. The molecule has 0 bridgehead atoms. The third-order valence-corrected chi connectivity index (χ3v) is 6.89. The normalized spacial score (nSPS) is 18.2. The van der Waals surface area contributed by atoms with Crippen LogP contribution in [-0.4, -0.2) is 36.1 Å². The Morgan fingerprint density at radius 2 is 1.84 bits per heavy atom. The van der Waals surface area contributed by atoms with E-state index in [-0.39, 0.29) is 5.37 Å². The van der Waals surface area contributed by atoms with Gasteiger partial charge in [0.05, 0.1) is 5.37 Å². The van der Waals surface area contributed by atoms with Crippen LogP contribution in [-0.2, 0) is 4.79 Å². The third-order valence-electron chi connectivity index (χ3n) is 5.66. The topological polar surface area (TPSA) is 67.8 Å². The molecule has 168 valence electrons. The maximum Gasteiger partial charge on any atom is 0.321 e. The van der Waals surface area contributed by atoms with Crippen LogP contribution in [0.5, 0.6) is 11.5 Å². The van der Waals surface area contributed by atoms with E-state index in [0.717, 1.165) is 27.8 Å². The van der Waals surface area contributed by atoms with Crippen LogP contribution in [0.15, 0.2) is 54.6 Å². The van der Waals surface area contributed by atoms with Crippen molar-refractivity contribution in [2.45, 2.75) is 38.1 Å². The van der Waals surface area contributed by atoms with E-state index in [1.807, 2.05) is 24.3 Å². The summed E-state index contributed by atoms with van der Waals surface area (Å²) in [4.78, 5) is 11.4. The van der Waals surface area contributed by atoms with Gasteiger partial charge in [-0.2, -0.15) is 0 Å². The Labute approximate surface area is 193 Å². The molecule has 3 aromatic carbocycles. The average Bonchev–Trinajstić information content (AvgIpc) is 3.26. The van der Waals surface area contributed by atoms with Crippen molar-refractivity contribution in [2.75, 3.05) is 19.0 Å². The van der Waals surface area contributed by atoms with E-state index in [1.54, 1.807) is 11.8 Å². The number of hydrogen-bond acceptors (Lipinski definition) is 5. The number of fused-ring (bicyclic) bond motifs is 1. The molecule has 0 saturated carbocycles. The zero-order valence-corrected chi connectivity index (χ0v) is 19.4. The molecular weight excluding hydrogens is 422 g/mol. The van der Waals surface area contributed by atoms with E-state index >= 15 is 0 Å². The Morgan fingerprint density at radius 3 is 2.56 bits per heavy atom. The van der Waals surface area contributed by atoms with Gasteiger partial charge in [-0.15, -0.1) is 11.8 Å². The Hall–Kier alpha value is -2.70. The average molecular weight is 452 g/mol. The molecule has 2 unspecified atom stereocenters. The first-order valence-corrected chi connectivity index (χ1v) is 12.0. The summed E-state index contributed by atoms with van der Waals surface area (Å²) in [7, 11) is 0. The van der Waals surface area contributed by atoms with Gasteiger partial charge in [0.25, 0.3) is 0 Å². The van der Waals surface area contributed by atoms with E-state index in [4.69, 9.17) is 9.47 Å². The van der Waals surface area contributed by atoms with Gasteiger partial charge in [-0.25, -0.2) is 0 Å². The molecule has 32 heavy (non-hydrogen) atoms. The van der Waals surface area contributed by atoms with Crippen LogP contribution in [0.4, 0.5) is 0 Å². The van der Waals surface area contributed by atoms with Crippen LogP contribution in [0, 0.1) is 6.92 Å². The second kappa shape index (κ2) is 9.84. The lowest BCUT2D eigenvalue weighted by molar-refractivity contribution is -0.138. The van der Waals surface area contributed by atoms with E-state index in [9.17, 15) is 9.90 Å².